The van der Waals surface area contributed by atoms with Crippen LogP contribution >= 0.6 is 0 Å². The van der Waals surface area contributed by atoms with Crippen molar-refractivity contribution in [2.75, 3.05) is 31.3 Å². The second-order valence-corrected chi connectivity index (χ2v) is 3.46. The van der Waals surface area contributed by atoms with Crippen molar-refractivity contribution in [2.45, 2.75) is 6.42 Å². The first-order valence-electron chi connectivity index (χ1n) is 5.02. The van der Waals surface area contributed by atoms with E-state index in [0.29, 0.717) is 30.0 Å². The maximum absolute atomic E-state index is 11.6. The van der Waals surface area contributed by atoms with E-state index in [4.69, 9.17) is 11.0 Å². The fraction of sp³-hybridized carbons (Fsp3) is 0.364. The first-order chi connectivity index (χ1) is 8.10. The second kappa shape index (κ2) is 5.70. The van der Waals surface area contributed by atoms with Gasteiger partial charge in [-0.05, 0) is 6.07 Å². The lowest BCUT2D eigenvalue weighted by atomic mass is 10.2. The average molecular weight is 234 g/mol. The molecular formula is C11H14N4O2. The van der Waals surface area contributed by atoms with Crippen LogP contribution < -0.4 is 10.6 Å². The topological polar surface area (TPSA) is 92.2 Å². The lowest BCUT2D eigenvalue weighted by molar-refractivity contribution is 0.0601. The molecule has 0 aliphatic heterocycles. The molecule has 1 aromatic rings. The van der Waals surface area contributed by atoms with Gasteiger partial charge in [-0.15, -0.1) is 0 Å². The smallest absolute Gasteiger partial charge is 0.341 e. The van der Waals surface area contributed by atoms with Crippen molar-refractivity contribution in [1.29, 1.82) is 5.26 Å². The van der Waals surface area contributed by atoms with Gasteiger partial charge in [0, 0.05) is 13.6 Å². The number of aromatic nitrogens is 1. The van der Waals surface area contributed by atoms with Crippen LogP contribution in [-0.2, 0) is 4.74 Å². The van der Waals surface area contributed by atoms with Crippen LogP contribution in [0.25, 0.3) is 0 Å². The van der Waals surface area contributed by atoms with E-state index in [9.17, 15) is 4.79 Å². The van der Waals surface area contributed by atoms with Crippen molar-refractivity contribution in [2.24, 2.45) is 0 Å². The Balaban J connectivity index is 3.06. The van der Waals surface area contributed by atoms with Crippen LogP contribution in [0.1, 0.15) is 16.8 Å². The van der Waals surface area contributed by atoms with Gasteiger partial charge < -0.3 is 15.4 Å². The van der Waals surface area contributed by atoms with Gasteiger partial charge in [-0.3, -0.25) is 0 Å². The number of anilines is 2. The summed E-state index contributed by atoms with van der Waals surface area (Å²) in [6.07, 6.45) is 1.81. The highest BCUT2D eigenvalue weighted by Gasteiger charge is 2.16. The molecule has 0 unspecified atom stereocenters. The van der Waals surface area contributed by atoms with Gasteiger partial charge in [0.05, 0.1) is 31.5 Å². The lowest BCUT2D eigenvalue weighted by Gasteiger charge is -2.19. The third-order valence-corrected chi connectivity index (χ3v) is 2.21. The number of nitrogen functional groups attached to an aromatic ring is 1. The second-order valence-electron chi connectivity index (χ2n) is 3.46. The van der Waals surface area contributed by atoms with Gasteiger partial charge in [0.25, 0.3) is 0 Å². The molecule has 1 heterocycles. The molecule has 0 spiro atoms. The van der Waals surface area contributed by atoms with Crippen molar-refractivity contribution in [3.05, 3.63) is 17.8 Å². The lowest BCUT2D eigenvalue weighted by Crippen LogP contribution is -2.22. The number of nitrogens with zero attached hydrogens (tertiary/aromatic N) is 3. The standard InChI is InChI=1S/C11H14N4O2/c1-15(5-3-4-12)10-9(11(16)17-2)6-8(13)7-14-10/h6-7H,3,5,13H2,1-2H3. The van der Waals surface area contributed by atoms with Crippen LogP contribution in [0, 0.1) is 11.3 Å². The van der Waals surface area contributed by atoms with Gasteiger partial charge in [0.2, 0.25) is 0 Å². The van der Waals surface area contributed by atoms with Crippen LogP contribution in [0.3, 0.4) is 0 Å². The molecule has 0 fully saturated rings. The van der Waals surface area contributed by atoms with E-state index in [1.807, 2.05) is 6.07 Å². The maximum Gasteiger partial charge on any atom is 0.341 e. The van der Waals surface area contributed by atoms with Crippen LogP contribution in [0.5, 0.6) is 0 Å². The third kappa shape index (κ3) is 3.08. The monoisotopic (exact) mass is 234 g/mol. The van der Waals surface area contributed by atoms with Gasteiger partial charge in [0.1, 0.15) is 11.4 Å². The minimum Gasteiger partial charge on any atom is -0.465 e. The van der Waals surface area contributed by atoms with E-state index in [1.54, 1.807) is 11.9 Å². The number of methoxy groups -OCH3 is 1. The summed E-state index contributed by atoms with van der Waals surface area (Å²) in [6, 6.07) is 3.54. The van der Waals surface area contributed by atoms with Gasteiger partial charge in [-0.2, -0.15) is 5.26 Å². The fourth-order valence-corrected chi connectivity index (χ4v) is 1.36. The van der Waals surface area contributed by atoms with Crippen LogP contribution in [-0.4, -0.2) is 31.7 Å². The molecule has 0 saturated heterocycles. The molecule has 2 N–H and O–H groups in total. The van der Waals surface area contributed by atoms with Crippen molar-refractivity contribution >= 4 is 17.5 Å². The summed E-state index contributed by atoms with van der Waals surface area (Å²) in [5.41, 5.74) is 6.27. The number of pyridine rings is 1. The average Bonchev–Trinajstić information content (AvgIpc) is 2.34. The molecule has 1 rings (SSSR count). The Kier molecular flexibility index (Phi) is 4.29. The molecule has 0 radical (unpaired) electrons. The summed E-state index contributed by atoms with van der Waals surface area (Å²) in [6.45, 7) is 0.484. The Morgan fingerprint density at radius 3 is 3.00 bits per heavy atom. The Morgan fingerprint density at radius 1 is 1.71 bits per heavy atom. The SMILES string of the molecule is COC(=O)c1cc(N)cnc1N(C)CCC#N. The summed E-state index contributed by atoms with van der Waals surface area (Å²) in [5, 5.41) is 8.52. The third-order valence-electron chi connectivity index (χ3n) is 2.21. The number of carbonyl (C=O) groups excluding carboxylic acids is 1. The minimum absolute atomic E-state index is 0.299. The first-order valence-corrected chi connectivity index (χ1v) is 5.02. The molecule has 6 nitrogen and oxygen atoms in total. The van der Waals surface area contributed by atoms with Gasteiger partial charge in [-0.25, -0.2) is 9.78 Å². The molecule has 0 atom stereocenters. The summed E-state index contributed by atoms with van der Waals surface area (Å²) in [7, 11) is 3.05. The predicted octanol–water partition coefficient (Wildman–Crippen LogP) is 0.800. The van der Waals surface area contributed by atoms with Gasteiger partial charge >= 0.3 is 5.97 Å². The van der Waals surface area contributed by atoms with Crippen LogP contribution in [0.15, 0.2) is 12.3 Å². The normalized spacial score (nSPS) is 9.47. The number of ether oxygens (including phenoxy) is 1. The number of carbonyl (C=O) groups is 1. The highest BCUT2D eigenvalue weighted by Crippen LogP contribution is 2.19. The Hall–Kier alpha value is -2.29. The van der Waals surface area contributed by atoms with E-state index < -0.39 is 5.97 Å². The Labute approximate surface area is 99.6 Å². The molecule has 0 bridgehead atoms. The van der Waals surface area contributed by atoms with Crippen molar-refractivity contribution in [3.63, 3.8) is 0 Å². The Morgan fingerprint density at radius 2 is 2.41 bits per heavy atom. The molecular weight excluding hydrogens is 220 g/mol. The van der Waals surface area contributed by atoms with Crippen molar-refractivity contribution in [1.82, 2.24) is 4.98 Å². The zero-order valence-electron chi connectivity index (χ0n) is 9.80. The highest BCUT2D eigenvalue weighted by atomic mass is 16.5. The zero-order valence-corrected chi connectivity index (χ0v) is 9.80. The molecule has 6 heteroatoms. The number of hydrogen-bond donors (Lipinski definition) is 1. The molecule has 0 aromatic carbocycles. The molecule has 17 heavy (non-hydrogen) atoms. The quantitative estimate of drug-likeness (QED) is 0.774. The van der Waals surface area contributed by atoms with Gasteiger partial charge in [0.15, 0.2) is 0 Å². The van der Waals surface area contributed by atoms with E-state index in [0.717, 1.165) is 0 Å². The van der Waals surface area contributed by atoms with Crippen LogP contribution in [0.4, 0.5) is 11.5 Å². The number of esters is 1. The van der Waals surface area contributed by atoms with E-state index in [2.05, 4.69) is 9.72 Å². The number of nitriles is 1. The van der Waals surface area contributed by atoms with Gasteiger partial charge in [-0.1, -0.05) is 0 Å². The molecule has 0 saturated carbocycles. The molecule has 90 valence electrons. The van der Waals surface area contributed by atoms with Crippen molar-refractivity contribution in [3.8, 4) is 6.07 Å². The number of rotatable bonds is 4. The molecule has 1 aromatic heterocycles. The highest BCUT2D eigenvalue weighted by molar-refractivity contribution is 5.95. The fourth-order valence-electron chi connectivity index (χ4n) is 1.36. The molecule has 0 aliphatic carbocycles. The number of hydrogen-bond acceptors (Lipinski definition) is 6. The van der Waals surface area contributed by atoms with E-state index in [1.165, 1.54) is 19.4 Å². The largest absolute Gasteiger partial charge is 0.465 e. The summed E-state index contributed by atoms with van der Waals surface area (Å²) < 4.78 is 4.66. The predicted molar refractivity (Wildman–Crippen MR) is 63.5 cm³/mol. The first kappa shape index (κ1) is 12.8. The van der Waals surface area contributed by atoms with Crippen molar-refractivity contribution < 1.29 is 9.53 Å². The zero-order chi connectivity index (χ0) is 12.8. The molecule has 0 aliphatic rings. The molecule has 0 amide bonds. The summed E-state index contributed by atoms with van der Waals surface area (Å²) in [5.74, 6) is -0.0371. The summed E-state index contributed by atoms with van der Waals surface area (Å²) >= 11 is 0. The van der Waals surface area contributed by atoms with E-state index in [-0.39, 0.29) is 0 Å². The van der Waals surface area contributed by atoms with E-state index >= 15 is 0 Å². The minimum atomic E-state index is -0.497. The number of nitrogens with two attached hydrogens (primary N) is 1. The Bertz CT molecular complexity index is 453. The maximum atomic E-state index is 11.6. The summed E-state index contributed by atoms with van der Waals surface area (Å²) in [4.78, 5) is 17.4. The van der Waals surface area contributed by atoms with Crippen LogP contribution in [0.2, 0.25) is 0 Å².